The molecule has 0 saturated heterocycles. The highest BCUT2D eigenvalue weighted by molar-refractivity contribution is 7.92. The number of amides is 1. The average molecular weight is 439 g/mol. The Bertz CT molecular complexity index is 1140. The monoisotopic (exact) mass is 438 g/mol. The van der Waals surface area contributed by atoms with Gasteiger partial charge in [-0.3, -0.25) is 9.10 Å². The van der Waals surface area contributed by atoms with E-state index in [0.717, 1.165) is 16.8 Å². The molecule has 3 rings (SSSR count). The van der Waals surface area contributed by atoms with E-state index < -0.39 is 10.0 Å². The lowest BCUT2D eigenvalue weighted by atomic mass is 10.1. The van der Waals surface area contributed by atoms with Crippen molar-refractivity contribution in [1.29, 1.82) is 0 Å². The summed E-state index contributed by atoms with van der Waals surface area (Å²) in [4.78, 5) is 12.5. The first kappa shape index (κ1) is 22.4. The van der Waals surface area contributed by atoms with Crippen LogP contribution < -0.4 is 14.4 Å². The molecule has 0 saturated carbocycles. The van der Waals surface area contributed by atoms with Crippen molar-refractivity contribution in [3.05, 3.63) is 89.5 Å². The van der Waals surface area contributed by atoms with E-state index in [4.69, 9.17) is 4.74 Å². The molecule has 162 valence electrons. The van der Waals surface area contributed by atoms with Crippen LogP contribution in [0.15, 0.2) is 72.8 Å². The van der Waals surface area contributed by atoms with E-state index in [2.05, 4.69) is 5.32 Å². The quantitative estimate of drug-likeness (QED) is 0.557. The summed E-state index contributed by atoms with van der Waals surface area (Å²) in [5.41, 5.74) is 3.60. The van der Waals surface area contributed by atoms with E-state index in [9.17, 15) is 13.2 Å². The second kappa shape index (κ2) is 9.66. The number of benzene rings is 3. The van der Waals surface area contributed by atoms with Gasteiger partial charge in [0.1, 0.15) is 5.75 Å². The molecule has 1 N–H and O–H groups in total. The predicted octanol–water partition coefficient (Wildman–Crippen LogP) is 4.61. The lowest BCUT2D eigenvalue weighted by Crippen LogP contribution is -2.29. The summed E-state index contributed by atoms with van der Waals surface area (Å²) in [6.07, 6.45) is 1.17. The molecule has 0 aromatic heterocycles. The van der Waals surface area contributed by atoms with Crippen LogP contribution in [0.1, 0.15) is 28.4 Å². The fourth-order valence-corrected chi connectivity index (χ4v) is 4.02. The van der Waals surface area contributed by atoms with Gasteiger partial charge in [-0.25, -0.2) is 8.42 Å². The summed E-state index contributed by atoms with van der Waals surface area (Å²) in [5.74, 6) is 0.465. The molecule has 0 aliphatic rings. The maximum atomic E-state index is 12.5. The summed E-state index contributed by atoms with van der Waals surface area (Å²) >= 11 is 0. The van der Waals surface area contributed by atoms with Gasteiger partial charge >= 0.3 is 0 Å². The lowest BCUT2D eigenvalue weighted by Gasteiger charge is -2.23. The fraction of sp³-hybridized carbons (Fsp3) is 0.208. The number of hydrogen-bond donors (Lipinski definition) is 1. The minimum Gasteiger partial charge on any atom is -0.494 e. The van der Waals surface area contributed by atoms with Gasteiger partial charge in [-0.1, -0.05) is 24.3 Å². The molecule has 0 unspecified atom stereocenters. The smallest absolute Gasteiger partial charge is 0.255 e. The number of ether oxygens (including phenoxy) is 1. The third-order valence-electron chi connectivity index (χ3n) is 4.65. The van der Waals surface area contributed by atoms with Crippen LogP contribution in [0, 0.1) is 6.92 Å². The minimum atomic E-state index is -3.50. The normalized spacial score (nSPS) is 11.1. The highest BCUT2D eigenvalue weighted by atomic mass is 32.2. The predicted molar refractivity (Wildman–Crippen MR) is 124 cm³/mol. The number of aryl methyl sites for hydroxylation is 1. The molecular formula is C24H26N2O4S. The number of anilines is 2. The number of sulfonamides is 1. The molecule has 0 atom stereocenters. The van der Waals surface area contributed by atoms with Crippen LogP contribution in [-0.4, -0.2) is 27.2 Å². The van der Waals surface area contributed by atoms with Gasteiger partial charge in [-0.2, -0.15) is 0 Å². The molecule has 0 fully saturated rings. The number of nitrogens with zero attached hydrogens (tertiary/aromatic N) is 1. The first-order valence-electron chi connectivity index (χ1n) is 9.94. The van der Waals surface area contributed by atoms with E-state index in [1.165, 1.54) is 10.6 Å². The largest absolute Gasteiger partial charge is 0.494 e. The number of carbonyl (C=O) groups excluding carboxylic acids is 1. The SMILES string of the molecule is CCOc1ccc(N(Cc2ccc(C(=O)Nc3cccc(C)c3)cc2)S(C)(=O)=O)cc1. The van der Waals surface area contributed by atoms with Crippen LogP contribution in [0.4, 0.5) is 11.4 Å². The Morgan fingerprint density at radius 1 is 1.00 bits per heavy atom. The third kappa shape index (κ3) is 6.08. The van der Waals surface area contributed by atoms with Crippen molar-refractivity contribution in [1.82, 2.24) is 0 Å². The molecule has 3 aromatic rings. The molecule has 6 nitrogen and oxygen atoms in total. The number of hydrogen-bond acceptors (Lipinski definition) is 4. The van der Waals surface area contributed by atoms with Crippen molar-refractivity contribution < 1.29 is 17.9 Å². The van der Waals surface area contributed by atoms with Gasteiger partial charge in [0.25, 0.3) is 5.91 Å². The summed E-state index contributed by atoms with van der Waals surface area (Å²) in [6, 6.07) is 21.4. The molecule has 0 aliphatic carbocycles. The molecule has 0 spiro atoms. The zero-order chi connectivity index (χ0) is 22.4. The second-order valence-corrected chi connectivity index (χ2v) is 9.12. The molecule has 1 amide bonds. The van der Waals surface area contributed by atoms with Gasteiger partial charge in [0.15, 0.2) is 0 Å². The maximum absolute atomic E-state index is 12.5. The summed E-state index contributed by atoms with van der Waals surface area (Å²) in [5, 5.41) is 2.87. The molecule has 0 aliphatic heterocycles. The van der Waals surface area contributed by atoms with Crippen LogP contribution >= 0.6 is 0 Å². The van der Waals surface area contributed by atoms with E-state index in [0.29, 0.717) is 23.6 Å². The zero-order valence-corrected chi connectivity index (χ0v) is 18.6. The van der Waals surface area contributed by atoms with Crippen LogP contribution in [-0.2, 0) is 16.6 Å². The molecule has 0 radical (unpaired) electrons. The highest BCUT2D eigenvalue weighted by Gasteiger charge is 2.18. The summed E-state index contributed by atoms with van der Waals surface area (Å²) in [6.45, 7) is 4.55. The maximum Gasteiger partial charge on any atom is 0.255 e. The fourth-order valence-electron chi connectivity index (χ4n) is 3.13. The second-order valence-electron chi connectivity index (χ2n) is 7.22. The van der Waals surface area contributed by atoms with Crippen molar-refractivity contribution in [3.8, 4) is 5.75 Å². The van der Waals surface area contributed by atoms with Crippen LogP contribution in [0.2, 0.25) is 0 Å². The van der Waals surface area contributed by atoms with E-state index in [1.54, 1.807) is 48.5 Å². The van der Waals surface area contributed by atoms with E-state index in [1.807, 2.05) is 38.1 Å². The Balaban J connectivity index is 1.74. The van der Waals surface area contributed by atoms with Crippen molar-refractivity contribution in [2.24, 2.45) is 0 Å². The molecule has 3 aromatic carbocycles. The van der Waals surface area contributed by atoms with Crippen molar-refractivity contribution >= 4 is 27.3 Å². The number of nitrogens with one attached hydrogen (secondary N) is 1. The van der Waals surface area contributed by atoms with Crippen LogP contribution in [0.25, 0.3) is 0 Å². The van der Waals surface area contributed by atoms with Gasteiger partial charge in [0, 0.05) is 11.3 Å². The Morgan fingerprint density at radius 2 is 1.68 bits per heavy atom. The Morgan fingerprint density at radius 3 is 2.26 bits per heavy atom. The van der Waals surface area contributed by atoms with Gasteiger partial charge in [-0.05, 0) is 73.5 Å². The number of carbonyl (C=O) groups is 1. The molecular weight excluding hydrogens is 412 g/mol. The molecule has 0 heterocycles. The molecule has 7 heteroatoms. The van der Waals surface area contributed by atoms with Crippen LogP contribution in [0.3, 0.4) is 0 Å². The zero-order valence-electron chi connectivity index (χ0n) is 17.8. The first-order chi connectivity index (χ1) is 14.8. The number of rotatable bonds is 8. The molecule has 0 bridgehead atoms. The Hall–Kier alpha value is -3.32. The average Bonchev–Trinajstić information content (AvgIpc) is 2.72. The van der Waals surface area contributed by atoms with Gasteiger partial charge < -0.3 is 10.1 Å². The topological polar surface area (TPSA) is 75.7 Å². The van der Waals surface area contributed by atoms with Gasteiger partial charge in [0.2, 0.25) is 10.0 Å². The van der Waals surface area contributed by atoms with Gasteiger partial charge in [-0.15, -0.1) is 0 Å². The van der Waals surface area contributed by atoms with E-state index >= 15 is 0 Å². The third-order valence-corrected chi connectivity index (χ3v) is 5.79. The van der Waals surface area contributed by atoms with E-state index in [-0.39, 0.29) is 12.5 Å². The highest BCUT2D eigenvalue weighted by Crippen LogP contribution is 2.24. The van der Waals surface area contributed by atoms with Gasteiger partial charge in [0.05, 0.1) is 25.1 Å². The standard InChI is InChI=1S/C24H26N2O4S/c1-4-30-23-14-12-22(13-15-23)26(31(3,28)29)17-19-8-10-20(11-9-19)24(27)25-21-7-5-6-18(2)16-21/h5-16H,4,17H2,1-3H3,(H,25,27). The lowest BCUT2D eigenvalue weighted by molar-refractivity contribution is 0.102. The minimum absolute atomic E-state index is 0.159. The molecule has 31 heavy (non-hydrogen) atoms. The summed E-state index contributed by atoms with van der Waals surface area (Å²) in [7, 11) is -3.50. The van der Waals surface area contributed by atoms with Crippen molar-refractivity contribution in [3.63, 3.8) is 0 Å². The van der Waals surface area contributed by atoms with Crippen molar-refractivity contribution in [2.75, 3.05) is 22.5 Å². The van der Waals surface area contributed by atoms with Crippen molar-refractivity contribution in [2.45, 2.75) is 20.4 Å². The Labute approximate surface area is 183 Å². The first-order valence-corrected chi connectivity index (χ1v) is 11.8. The Kier molecular flexibility index (Phi) is 6.97. The van der Waals surface area contributed by atoms with Crippen LogP contribution in [0.5, 0.6) is 5.75 Å². The summed E-state index contributed by atoms with van der Waals surface area (Å²) < 4.78 is 31.5.